The van der Waals surface area contributed by atoms with Gasteiger partial charge < -0.3 is 18.9 Å². The smallest absolute Gasteiger partial charge is 0.462 e. The Hall–Kier alpha value is -2.81. The van der Waals surface area contributed by atoms with Crippen LogP contribution in [0.15, 0.2) is 85.1 Å². The molecule has 0 fully saturated rings. The van der Waals surface area contributed by atoms with Crippen molar-refractivity contribution in [2.45, 2.75) is 290 Å². The Morgan fingerprint density at radius 1 is 0.410 bits per heavy atom. The van der Waals surface area contributed by atoms with E-state index in [2.05, 4.69) is 98.9 Å². The van der Waals surface area contributed by atoms with E-state index < -0.39 is 26.5 Å². The minimum atomic E-state index is -4.39. The van der Waals surface area contributed by atoms with Gasteiger partial charge in [-0.3, -0.25) is 18.6 Å². The van der Waals surface area contributed by atoms with E-state index in [4.69, 9.17) is 18.5 Å². The molecule has 0 radical (unpaired) electrons. The van der Waals surface area contributed by atoms with E-state index in [1.165, 1.54) is 173 Å². The number of phosphoric acid groups is 1. The second-order valence-corrected chi connectivity index (χ2v) is 24.2. The Morgan fingerprint density at radius 3 is 1.09 bits per heavy atom. The molecule has 0 amide bonds. The highest BCUT2D eigenvalue weighted by Gasteiger charge is 2.27. The summed E-state index contributed by atoms with van der Waals surface area (Å²) < 4.78 is 34.7. The molecule has 0 aliphatic heterocycles. The quantitative estimate of drug-likeness (QED) is 0.0211. The average molecular weight is 1110 g/mol. The fourth-order valence-corrected chi connectivity index (χ4v) is 9.70. The van der Waals surface area contributed by atoms with Crippen LogP contribution in [0.25, 0.3) is 0 Å². The van der Waals surface area contributed by atoms with Crippen LogP contribution in [-0.4, -0.2) is 74.9 Å². The highest BCUT2D eigenvalue weighted by atomic mass is 31.2. The first-order chi connectivity index (χ1) is 38.0. The molecular weight excluding hydrogens is 990 g/mol. The zero-order valence-corrected chi connectivity index (χ0v) is 52.3. The van der Waals surface area contributed by atoms with Crippen molar-refractivity contribution >= 4 is 19.8 Å². The maximum Gasteiger partial charge on any atom is 0.472 e. The van der Waals surface area contributed by atoms with Crippen molar-refractivity contribution in [3.63, 3.8) is 0 Å². The SMILES string of the molecule is CC/C=C\C/C=C\C/C=C\C/C=C\CCCCCCCCCCCCCCC(=O)OC(COC(=O)CCCCCCCCCCCCCCCC/C=C\C/C=C\C/C=C\CCCCCCC)COP(=O)(O)OCC[N+](C)(C)C. The molecule has 1 N–H and O–H groups in total. The van der Waals surface area contributed by atoms with Crippen molar-refractivity contribution in [2.24, 2.45) is 0 Å². The second kappa shape index (κ2) is 58.8. The summed E-state index contributed by atoms with van der Waals surface area (Å²) in [4.78, 5) is 35.8. The van der Waals surface area contributed by atoms with Crippen molar-refractivity contribution < 1.29 is 42.1 Å². The predicted octanol–water partition coefficient (Wildman–Crippen LogP) is 20.6. The van der Waals surface area contributed by atoms with Crippen LogP contribution in [-0.2, 0) is 32.7 Å². The van der Waals surface area contributed by atoms with Gasteiger partial charge in [0, 0.05) is 12.8 Å². The van der Waals surface area contributed by atoms with Crippen LogP contribution in [0.1, 0.15) is 284 Å². The first-order valence-corrected chi connectivity index (χ1v) is 33.8. The van der Waals surface area contributed by atoms with Gasteiger partial charge in [-0.1, -0.05) is 266 Å². The fourth-order valence-electron chi connectivity index (χ4n) is 8.96. The lowest BCUT2D eigenvalue weighted by Gasteiger charge is -2.24. The molecule has 0 aliphatic rings. The Morgan fingerprint density at radius 2 is 0.731 bits per heavy atom. The molecule has 452 valence electrons. The standard InChI is InChI=1S/C68H122NO8P/c1-6-8-10-12-14-16-18-20-22-24-26-28-30-32-33-34-35-37-38-40-42-44-46-48-50-52-54-56-58-60-67(70)74-64-66(65-76-78(72,73)75-63-62-69(3,4)5)77-68(71)61-59-57-55-53-51-49-47-45-43-41-39-36-31-29-27-25-23-21-19-17-15-13-11-9-7-2/h9,11,15,17-18,20-21,23-24,26-27,29-30,32,66H,6-8,10,12-14,16,19,22,25,28,31,33-65H2,1-5H3/p+1/b11-9-,17-15-,20-18-,23-21-,26-24-,29-27-,32-30-. The molecule has 0 saturated carbocycles. The van der Waals surface area contributed by atoms with Gasteiger partial charge in [-0.2, -0.15) is 0 Å². The number of unbranched alkanes of at least 4 members (excludes halogenated alkanes) is 31. The third-order valence-corrected chi connectivity index (χ3v) is 14.9. The van der Waals surface area contributed by atoms with Gasteiger partial charge in [0.1, 0.15) is 19.8 Å². The van der Waals surface area contributed by atoms with Crippen LogP contribution in [0.4, 0.5) is 0 Å². The summed E-state index contributed by atoms with van der Waals surface area (Å²) in [6, 6.07) is 0. The number of hydrogen-bond donors (Lipinski definition) is 1. The number of rotatable bonds is 59. The number of likely N-dealkylation sites (N-methyl/N-ethyl adjacent to an activating group) is 1. The fraction of sp³-hybridized carbons (Fsp3) is 0.765. The van der Waals surface area contributed by atoms with Crippen molar-refractivity contribution in [3.05, 3.63) is 85.1 Å². The Balaban J connectivity index is 4.10. The summed E-state index contributed by atoms with van der Waals surface area (Å²) in [5.74, 6) is -0.795. The van der Waals surface area contributed by atoms with Gasteiger partial charge >= 0.3 is 19.8 Å². The zero-order valence-electron chi connectivity index (χ0n) is 51.4. The summed E-state index contributed by atoms with van der Waals surface area (Å²) >= 11 is 0. The van der Waals surface area contributed by atoms with Gasteiger partial charge in [0.15, 0.2) is 6.10 Å². The summed E-state index contributed by atoms with van der Waals surface area (Å²) in [6.07, 6.45) is 79.5. The summed E-state index contributed by atoms with van der Waals surface area (Å²) in [5.41, 5.74) is 0. The van der Waals surface area contributed by atoms with Gasteiger partial charge in [0.2, 0.25) is 0 Å². The Bertz CT molecular complexity index is 1590. The lowest BCUT2D eigenvalue weighted by Crippen LogP contribution is -2.37. The number of carbonyl (C=O) groups is 2. The molecule has 10 heteroatoms. The second-order valence-electron chi connectivity index (χ2n) is 22.8. The first kappa shape index (κ1) is 75.2. The minimum Gasteiger partial charge on any atom is -0.462 e. The van der Waals surface area contributed by atoms with E-state index in [1.54, 1.807) is 0 Å². The average Bonchev–Trinajstić information content (AvgIpc) is 3.40. The number of hydrogen-bond acceptors (Lipinski definition) is 7. The molecule has 9 nitrogen and oxygen atoms in total. The molecule has 0 saturated heterocycles. The topological polar surface area (TPSA) is 108 Å². The molecule has 2 unspecified atom stereocenters. The molecule has 0 aliphatic carbocycles. The van der Waals surface area contributed by atoms with E-state index >= 15 is 0 Å². The molecule has 0 rings (SSSR count). The van der Waals surface area contributed by atoms with Crippen LogP contribution in [0.2, 0.25) is 0 Å². The van der Waals surface area contributed by atoms with Crippen molar-refractivity contribution in [3.8, 4) is 0 Å². The minimum absolute atomic E-state index is 0.0288. The lowest BCUT2D eigenvalue weighted by molar-refractivity contribution is -0.870. The van der Waals surface area contributed by atoms with Crippen LogP contribution >= 0.6 is 7.82 Å². The van der Waals surface area contributed by atoms with Crippen molar-refractivity contribution in [2.75, 3.05) is 47.5 Å². The molecule has 0 aromatic carbocycles. The molecule has 0 aromatic heterocycles. The number of quaternary nitrogens is 1. The van der Waals surface area contributed by atoms with Crippen LogP contribution in [0.3, 0.4) is 0 Å². The van der Waals surface area contributed by atoms with Crippen molar-refractivity contribution in [1.82, 2.24) is 0 Å². The number of allylic oxidation sites excluding steroid dienone is 14. The van der Waals surface area contributed by atoms with Gasteiger partial charge in [0.05, 0.1) is 27.7 Å². The zero-order chi connectivity index (χ0) is 57.0. The normalized spacial score (nSPS) is 13.8. The van der Waals surface area contributed by atoms with Gasteiger partial charge in [-0.15, -0.1) is 0 Å². The third kappa shape index (κ3) is 62.4. The summed E-state index contributed by atoms with van der Waals surface area (Å²) in [6.45, 7) is 4.33. The molecule has 0 spiro atoms. The van der Waals surface area contributed by atoms with Gasteiger partial charge in [-0.25, -0.2) is 4.57 Å². The molecule has 78 heavy (non-hydrogen) atoms. The van der Waals surface area contributed by atoms with E-state index in [0.717, 1.165) is 77.0 Å². The van der Waals surface area contributed by atoms with Crippen LogP contribution in [0, 0.1) is 0 Å². The number of esters is 2. The largest absolute Gasteiger partial charge is 0.472 e. The Labute approximate surface area is 481 Å². The molecular formula is C68H123NO8P+. The van der Waals surface area contributed by atoms with E-state index in [1.807, 2.05) is 21.1 Å². The number of carbonyl (C=O) groups excluding carboxylic acids is 2. The van der Waals surface area contributed by atoms with E-state index in [9.17, 15) is 19.0 Å². The number of nitrogens with zero attached hydrogens (tertiary/aromatic N) is 1. The molecule has 0 aromatic rings. The first-order valence-electron chi connectivity index (χ1n) is 32.3. The summed E-state index contributed by atoms with van der Waals surface area (Å²) in [7, 11) is 1.48. The number of phosphoric ester groups is 1. The monoisotopic (exact) mass is 1110 g/mol. The van der Waals surface area contributed by atoms with E-state index in [-0.39, 0.29) is 32.0 Å². The highest BCUT2D eigenvalue weighted by Crippen LogP contribution is 2.43. The number of ether oxygens (including phenoxy) is 2. The lowest BCUT2D eigenvalue weighted by atomic mass is 10.0. The highest BCUT2D eigenvalue weighted by molar-refractivity contribution is 7.47. The molecule has 0 heterocycles. The molecule has 2 atom stereocenters. The summed E-state index contributed by atoms with van der Waals surface area (Å²) in [5, 5.41) is 0. The van der Waals surface area contributed by atoms with Crippen LogP contribution in [0.5, 0.6) is 0 Å². The van der Waals surface area contributed by atoms with Gasteiger partial charge in [0.25, 0.3) is 0 Å². The predicted molar refractivity (Wildman–Crippen MR) is 335 cm³/mol. The Kier molecular flexibility index (Phi) is 56.7. The maximum atomic E-state index is 12.9. The van der Waals surface area contributed by atoms with Crippen LogP contribution < -0.4 is 0 Å². The van der Waals surface area contributed by atoms with E-state index in [0.29, 0.717) is 17.4 Å². The molecule has 0 bridgehead atoms. The van der Waals surface area contributed by atoms with Gasteiger partial charge in [-0.05, 0) is 89.9 Å². The van der Waals surface area contributed by atoms with Crippen molar-refractivity contribution in [1.29, 1.82) is 0 Å². The third-order valence-electron chi connectivity index (χ3n) is 13.9. The maximum absolute atomic E-state index is 12.9.